The summed E-state index contributed by atoms with van der Waals surface area (Å²) < 4.78 is 2.51. The Kier molecular flexibility index (Phi) is 3.09. The van der Waals surface area contributed by atoms with Crippen LogP contribution < -0.4 is 5.32 Å². The molecule has 6 rings (SSSR count). The molecule has 2 aromatic heterocycles. The number of hydrogen-bond donors (Lipinski definition) is 2. The van der Waals surface area contributed by atoms with Gasteiger partial charge in [-0.15, -0.1) is 0 Å². The van der Waals surface area contributed by atoms with Crippen LogP contribution in [0.3, 0.4) is 0 Å². The molecular formula is C23H23N3. The number of nitrogens with one attached hydrogen (secondary N) is 2. The summed E-state index contributed by atoms with van der Waals surface area (Å²) in [4.78, 5) is 3.48. The van der Waals surface area contributed by atoms with Gasteiger partial charge in [-0.25, -0.2) is 0 Å². The number of nitrogens with zero attached hydrogens (tertiary/aromatic N) is 1. The molecule has 26 heavy (non-hydrogen) atoms. The summed E-state index contributed by atoms with van der Waals surface area (Å²) in [5, 5.41) is 6.52. The Morgan fingerprint density at radius 2 is 1.73 bits per heavy atom. The van der Waals surface area contributed by atoms with Gasteiger partial charge in [-0.2, -0.15) is 0 Å². The Hall–Kier alpha value is -2.52. The fourth-order valence-electron chi connectivity index (χ4n) is 5.31. The minimum Gasteiger partial charge on any atom is -0.361 e. The van der Waals surface area contributed by atoms with Gasteiger partial charge >= 0.3 is 0 Å². The van der Waals surface area contributed by atoms with Crippen molar-refractivity contribution in [3.8, 4) is 0 Å². The second-order valence-corrected chi connectivity index (χ2v) is 7.86. The van der Waals surface area contributed by atoms with Gasteiger partial charge in [0.15, 0.2) is 0 Å². The third kappa shape index (κ3) is 1.98. The molecule has 0 aliphatic carbocycles. The van der Waals surface area contributed by atoms with E-state index in [1.54, 1.807) is 0 Å². The first-order valence-corrected chi connectivity index (χ1v) is 9.77. The van der Waals surface area contributed by atoms with Gasteiger partial charge in [0.2, 0.25) is 0 Å². The molecule has 2 aliphatic heterocycles. The summed E-state index contributed by atoms with van der Waals surface area (Å²) in [6, 6.07) is 15.6. The third-order valence-corrected chi connectivity index (χ3v) is 6.49. The van der Waals surface area contributed by atoms with Crippen LogP contribution >= 0.6 is 0 Å². The molecule has 0 radical (unpaired) electrons. The van der Waals surface area contributed by atoms with E-state index in [0.29, 0.717) is 11.8 Å². The molecule has 3 heteroatoms. The molecule has 2 aliphatic rings. The summed E-state index contributed by atoms with van der Waals surface area (Å²) in [7, 11) is 0. The average Bonchev–Trinajstić information content (AvgIpc) is 3.39. The molecule has 0 amide bonds. The molecule has 1 saturated heterocycles. The Balaban J connectivity index is 1.51. The third-order valence-electron chi connectivity index (χ3n) is 6.49. The van der Waals surface area contributed by atoms with E-state index in [1.165, 1.54) is 51.3 Å². The molecule has 1 fully saturated rings. The Morgan fingerprint density at radius 1 is 0.885 bits per heavy atom. The molecule has 3 nitrogen and oxygen atoms in total. The van der Waals surface area contributed by atoms with Gasteiger partial charge in [-0.1, -0.05) is 36.4 Å². The maximum absolute atomic E-state index is 3.67. The SMILES string of the molecule is c1ccc2c(C3CNCC3c3cn4c5c(cccc35)CCC4)c[nH]c2c1. The topological polar surface area (TPSA) is 32.8 Å². The molecule has 130 valence electrons. The van der Waals surface area contributed by atoms with Crippen molar-refractivity contribution < 1.29 is 0 Å². The van der Waals surface area contributed by atoms with Crippen LogP contribution in [0, 0.1) is 0 Å². The van der Waals surface area contributed by atoms with Crippen LogP contribution in [0.25, 0.3) is 21.8 Å². The normalized spacial score (nSPS) is 22.5. The highest BCUT2D eigenvalue weighted by Gasteiger charge is 2.33. The van der Waals surface area contributed by atoms with Crippen molar-refractivity contribution in [3.05, 3.63) is 71.5 Å². The largest absolute Gasteiger partial charge is 0.361 e. The molecule has 4 heterocycles. The number of fused-ring (bicyclic) bond motifs is 1. The lowest BCUT2D eigenvalue weighted by Crippen LogP contribution is -2.08. The van der Waals surface area contributed by atoms with Gasteiger partial charge < -0.3 is 14.9 Å². The second-order valence-electron chi connectivity index (χ2n) is 7.86. The van der Waals surface area contributed by atoms with Crippen LogP contribution in [-0.4, -0.2) is 22.6 Å². The minimum atomic E-state index is 0.523. The van der Waals surface area contributed by atoms with Crippen molar-refractivity contribution in [1.82, 2.24) is 14.9 Å². The van der Waals surface area contributed by atoms with E-state index >= 15 is 0 Å². The number of aryl methyl sites for hydroxylation is 2. The van der Waals surface area contributed by atoms with Crippen molar-refractivity contribution >= 4 is 21.8 Å². The number of H-pyrrole nitrogens is 1. The van der Waals surface area contributed by atoms with E-state index in [-0.39, 0.29) is 0 Å². The van der Waals surface area contributed by atoms with Gasteiger partial charge in [0.25, 0.3) is 0 Å². The highest BCUT2D eigenvalue weighted by atomic mass is 15.0. The summed E-state index contributed by atoms with van der Waals surface area (Å²) in [5.41, 5.74) is 7.25. The lowest BCUT2D eigenvalue weighted by molar-refractivity contribution is 0.626. The van der Waals surface area contributed by atoms with Gasteiger partial charge in [-0.05, 0) is 35.6 Å². The summed E-state index contributed by atoms with van der Waals surface area (Å²) in [6.07, 6.45) is 7.16. The van der Waals surface area contributed by atoms with Crippen LogP contribution in [0.1, 0.15) is 34.9 Å². The van der Waals surface area contributed by atoms with Crippen LogP contribution in [-0.2, 0) is 13.0 Å². The molecule has 0 spiro atoms. The lowest BCUT2D eigenvalue weighted by Gasteiger charge is -2.18. The Labute approximate surface area is 153 Å². The monoisotopic (exact) mass is 341 g/mol. The molecule has 0 bridgehead atoms. The summed E-state index contributed by atoms with van der Waals surface area (Å²) >= 11 is 0. The van der Waals surface area contributed by atoms with Crippen LogP contribution in [0.4, 0.5) is 0 Å². The van der Waals surface area contributed by atoms with Crippen molar-refractivity contribution in [2.24, 2.45) is 0 Å². The van der Waals surface area contributed by atoms with Crippen molar-refractivity contribution in [2.75, 3.05) is 13.1 Å². The van der Waals surface area contributed by atoms with E-state index < -0.39 is 0 Å². The number of hydrogen-bond acceptors (Lipinski definition) is 1. The maximum atomic E-state index is 3.67. The standard InChI is InChI=1S/C23H23N3/c1-2-9-22-16(7-1)20(13-25-22)18-11-24-12-19(18)21-14-26-10-4-6-15-5-3-8-17(21)23(15)26/h1-3,5,7-9,13-14,18-19,24-25H,4,6,10-12H2. The first-order chi connectivity index (χ1) is 12.9. The van der Waals surface area contributed by atoms with Gasteiger partial charge in [-0.3, -0.25) is 0 Å². The zero-order valence-corrected chi connectivity index (χ0v) is 14.8. The first kappa shape index (κ1) is 14.6. The predicted molar refractivity (Wildman–Crippen MR) is 107 cm³/mol. The Morgan fingerprint density at radius 3 is 2.69 bits per heavy atom. The predicted octanol–water partition coefficient (Wildman–Crippen LogP) is 4.54. The fourth-order valence-corrected chi connectivity index (χ4v) is 5.31. The quantitative estimate of drug-likeness (QED) is 0.551. The molecule has 4 aromatic rings. The van der Waals surface area contributed by atoms with Gasteiger partial charge in [0.1, 0.15) is 0 Å². The number of para-hydroxylation sites is 2. The van der Waals surface area contributed by atoms with E-state index in [4.69, 9.17) is 0 Å². The van der Waals surface area contributed by atoms with Gasteiger partial charge in [0, 0.05) is 60.2 Å². The van der Waals surface area contributed by atoms with E-state index in [9.17, 15) is 0 Å². The van der Waals surface area contributed by atoms with Crippen LogP contribution in [0.5, 0.6) is 0 Å². The number of rotatable bonds is 2. The molecule has 2 N–H and O–H groups in total. The number of benzene rings is 2. The Bertz CT molecular complexity index is 1120. The van der Waals surface area contributed by atoms with Crippen molar-refractivity contribution in [3.63, 3.8) is 0 Å². The maximum Gasteiger partial charge on any atom is 0.0515 e. The number of aromatic amines is 1. The van der Waals surface area contributed by atoms with Crippen molar-refractivity contribution in [2.45, 2.75) is 31.2 Å². The van der Waals surface area contributed by atoms with Crippen LogP contribution in [0.15, 0.2) is 54.9 Å². The minimum absolute atomic E-state index is 0.523. The summed E-state index contributed by atoms with van der Waals surface area (Å²) in [6.45, 7) is 3.28. The highest BCUT2D eigenvalue weighted by molar-refractivity contribution is 5.89. The first-order valence-electron chi connectivity index (χ1n) is 9.77. The zero-order valence-electron chi connectivity index (χ0n) is 14.8. The highest BCUT2D eigenvalue weighted by Crippen LogP contribution is 2.43. The van der Waals surface area contributed by atoms with E-state index in [2.05, 4.69) is 69.7 Å². The fraction of sp³-hybridized carbons (Fsp3) is 0.304. The number of aromatic nitrogens is 2. The second kappa shape index (κ2) is 5.49. The smallest absolute Gasteiger partial charge is 0.0515 e. The average molecular weight is 341 g/mol. The molecule has 0 saturated carbocycles. The molecule has 2 atom stereocenters. The van der Waals surface area contributed by atoms with E-state index in [1.807, 2.05) is 0 Å². The van der Waals surface area contributed by atoms with E-state index in [0.717, 1.165) is 19.6 Å². The molecule has 2 unspecified atom stereocenters. The molecule has 2 aromatic carbocycles. The van der Waals surface area contributed by atoms with Gasteiger partial charge in [0.05, 0.1) is 5.52 Å². The lowest BCUT2D eigenvalue weighted by atomic mass is 9.83. The van der Waals surface area contributed by atoms with Crippen molar-refractivity contribution in [1.29, 1.82) is 0 Å². The zero-order chi connectivity index (χ0) is 17.1. The van der Waals surface area contributed by atoms with Crippen LogP contribution in [0.2, 0.25) is 0 Å². The molecular weight excluding hydrogens is 318 g/mol. The summed E-state index contributed by atoms with van der Waals surface area (Å²) in [5.74, 6) is 1.06.